The van der Waals surface area contributed by atoms with E-state index in [1.807, 2.05) is 45.0 Å². The number of amides is 1. The van der Waals surface area contributed by atoms with Gasteiger partial charge in [0, 0.05) is 36.0 Å². The molecule has 0 aliphatic carbocycles. The number of aromatic nitrogens is 1. The van der Waals surface area contributed by atoms with Crippen LogP contribution in [0.3, 0.4) is 0 Å². The lowest BCUT2D eigenvalue weighted by molar-refractivity contribution is 0.0240. The molecule has 1 aliphatic heterocycles. The topological polar surface area (TPSA) is 45.7 Å². The van der Waals surface area contributed by atoms with Crippen molar-refractivity contribution in [1.29, 1.82) is 0 Å². The summed E-state index contributed by atoms with van der Waals surface area (Å²) >= 11 is 9.91. The van der Waals surface area contributed by atoms with E-state index in [1.165, 1.54) is 0 Å². The van der Waals surface area contributed by atoms with E-state index in [4.69, 9.17) is 21.3 Å². The molecule has 0 bridgehead atoms. The number of carbonyl (C=O) groups excluding carboxylic acids is 1. The van der Waals surface area contributed by atoms with Gasteiger partial charge in [0.1, 0.15) is 11.4 Å². The molecule has 134 valence electrons. The number of hydrogen-bond donors (Lipinski definition) is 0. The zero-order valence-electron chi connectivity index (χ0n) is 14.6. The SMILES string of the molecule is CC(C)(C)OC(=O)N1CCN(c2nc3ccc(Br)cc3cc2Cl)CC1. The van der Waals surface area contributed by atoms with Gasteiger partial charge < -0.3 is 14.5 Å². The molecular weight excluding hydrogens is 406 g/mol. The molecule has 0 saturated carbocycles. The van der Waals surface area contributed by atoms with Gasteiger partial charge in [-0.25, -0.2) is 9.78 Å². The lowest BCUT2D eigenvalue weighted by atomic mass is 10.2. The largest absolute Gasteiger partial charge is 0.444 e. The van der Waals surface area contributed by atoms with E-state index >= 15 is 0 Å². The molecule has 2 aromatic rings. The molecule has 2 heterocycles. The zero-order chi connectivity index (χ0) is 18.2. The lowest BCUT2D eigenvalue weighted by Gasteiger charge is -2.36. The molecule has 0 atom stereocenters. The van der Waals surface area contributed by atoms with Crippen LogP contribution in [0.2, 0.25) is 5.02 Å². The summed E-state index contributed by atoms with van der Waals surface area (Å²) in [6.45, 7) is 8.15. The van der Waals surface area contributed by atoms with Gasteiger partial charge in [-0.05, 0) is 45.0 Å². The van der Waals surface area contributed by atoms with E-state index in [0.29, 0.717) is 31.2 Å². The van der Waals surface area contributed by atoms with Gasteiger partial charge >= 0.3 is 6.09 Å². The van der Waals surface area contributed by atoms with Gasteiger partial charge in [-0.1, -0.05) is 27.5 Å². The van der Waals surface area contributed by atoms with Crippen molar-refractivity contribution in [3.05, 3.63) is 33.8 Å². The van der Waals surface area contributed by atoms with Crippen molar-refractivity contribution in [3.8, 4) is 0 Å². The standard InChI is InChI=1S/C18H21BrClN3O2/c1-18(2,3)25-17(24)23-8-6-22(7-9-23)16-14(20)11-12-10-13(19)4-5-15(12)21-16/h4-5,10-11H,6-9H2,1-3H3. The summed E-state index contributed by atoms with van der Waals surface area (Å²) in [7, 11) is 0. The Balaban J connectivity index is 1.73. The van der Waals surface area contributed by atoms with Crippen molar-refractivity contribution < 1.29 is 9.53 Å². The third kappa shape index (κ3) is 4.36. The molecular formula is C18H21BrClN3O2. The van der Waals surface area contributed by atoms with Crippen LogP contribution < -0.4 is 4.90 Å². The second-order valence-corrected chi connectivity index (χ2v) is 8.41. The van der Waals surface area contributed by atoms with Gasteiger partial charge in [0.15, 0.2) is 0 Å². The molecule has 25 heavy (non-hydrogen) atoms. The first-order valence-corrected chi connectivity index (χ1v) is 9.39. The Labute approximate surface area is 161 Å². The summed E-state index contributed by atoms with van der Waals surface area (Å²) in [6, 6.07) is 7.87. The number of benzene rings is 1. The predicted octanol–water partition coefficient (Wildman–Crippen LogP) is 4.71. The number of rotatable bonds is 1. The van der Waals surface area contributed by atoms with Crippen LogP contribution in [0.15, 0.2) is 28.7 Å². The van der Waals surface area contributed by atoms with E-state index in [-0.39, 0.29) is 6.09 Å². The van der Waals surface area contributed by atoms with Crippen LogP contribution in [0.1, 0.15) is 20.8 Å². The molecule has 0 radical (unpaired) electrons. The van der Waals surface area contributed by atoms with Crippen molar-refractivity contribution >= 4 is 50.3 Å². The van der Waals surface area contributed by atoms with E-state index in [0.717, 1.165) is 21.2 Å². The molecule has 5 nitrogen and oxygen atoms in total. The molecule has 0 spiro atoms. The number of hydrogen-bond acceptors (Lipinski definition) is 4. The number of pyridine rings is 1. The molecule has 7 heteroatoms. The van der Waals surface area contributed by atoms with Crippen LogP contribution in [-0.4, -0.2) is 47.8 Å². The van der Waals surface area contributed by atoms with Crippen LogP contribution in [0.5, 0.6) is 0 Å². The minimum atomic E-state index is -0.480. The Morgan fingerprint density at radius 1 is 1.20 bits per heavy atom. The van der Waals surface area contributed by atoms with Gasteiger partial charge in [0.25, 0.3) is 0 Å². The van der Waals surface area contributed by atoms with Gasteiger partial charge in [-0.2, -0.15) is 0 Å². The fourth-order valence-corrected chi connectivity index (χ4v) is 3.42. The molecule has 1 fully saturated rings. The molecule has 1 aromatic heterocycles. The minimum absolute atomic E-state index is 0.269. The smallest absolute Gasteiger partial charge is 0.410 e. The summed E-state index contributed by atoms with van der Waals surface area (Å²) in [6.07, 6.45) is -0.269. The van der Waals surface area contributed by atoms with Crippen molar-refractivity contribution in [2.75, 3.05) is 31.1 Å². The first kappa shape index (κ1) is 18.3. The number of carbonyl (C=O) groups is 1. The molecule has 1 aliphatic rings. The lowest BCUT2D eigenvalue weighted by Crippen LogP contribution is -2.50. The summed E-state index contributed by atoms with van der Waals surface area (Å²) < 4.78 is 6.43. The van der Waals surface area contributed by atoms with E-state index < -0.39 is 5.60 Å². The first-order valence-electron chi connectivity index (χ1n) is 8.22. The van der Waals surface area contributed by atoms with Crippen LogP contribution in [-0.2, 0) is 4.74 Å². The molecule has 0 N–H and O–H groups in total. The average Bonchev–Trinajstić information content (AvgIpc) is 2.52. The first-order chi connectivity index (χ1) is 11.7. The van der Waals surface area contributed by atoms with Gasteiger partial charge in [0.2, 0.25) is 0 Å². The number of ether oxygens (including phenoxy) is 1. The zero-order valence-corrected chi connectivity index (χ0v) is 16.9. The Morgan fingerprint density at radius 2 is 1.88 bits per heavy atom. The summed E-state index contributed by atoms with van der Waals surface area (Å²) in [5.74, 6) is 0.764. The highest BCUT2D eigenvalue weighted by Gasteiger charge is 2.27. The van der Waals surface area contributed by atoms with E-state index in [2.05, 4.69) is 20.8 Å². The van der Waals surface area contributed by atoms with Crippen molar-refractivity contribution in [2.45, 2.75) is 26.4 Å². The van der Waals surface area contributed by atoms with E-state index in [1.54, 1.807) is 4.90 Å². The Hall–Kier alpha value is -1.53. The minimum Gasteiger partial charge on any atom is -0.444 e. The summed E-state index contributed by atoms with van der Waals surface area (Å²) in [5.41, 5.74) is 0.420. The maximum Gasteiger partial charge on any atom is 0.410 e. The van der Waals surface area contributed by atoms with Crippen LogP contribution >= 0.6 is 27.5 Å². The average molecular weight is 427 g/mol. The summed E-state index contributed by atoms with van der Waals surface area (Å²) in [5, 5.41) is 1.62. The molecule has 1 amide bonds. The number of piperazine rings is 1. The predicted molar refractivity (Wildman–Crippen MR) is 104 cm³/mol. The van der Waals surface area contributed by atoms with Crippen molar-refractivity contribution in [2.24, 2.45) is 0 Å². The molecule has 1 saturated heterocycles. The summed E-state index contributed by atoms with van der Waals surface area (Å²) in [4.78, 5) is 20.7. The maximum absolute atomic E-state index is 12.2. The van der Waals surface area contributed by atoms with Crippen molar-refractivity contribution in [1.82, 2.24) is 9.88 Å². The molecule has 3 rings (SSSR count). The molecule has 1 aromatic carbocycles. The van der Waals surface area contributed by atoms with Gasteiger partial charge in [0.05, 0.1) is 10.5 Å². The van der Waals surface area contributed by atoms with Gasteiger partial charge in [-0.15, -0.1) is 0 Å². The Bertz CT molecular complexity index is 799. The Kier molecular flexibility index (Phi) is 5.11. The number of fused-ring (bicyclic) bond motifs is 1. The third-order valence-corrected chi connectivity index (χ3v) is 4.71. The molecule has 0 unspecified atom stereocenters. The highest BCUT2D eigenvalue weighted by Crippen LogP contribution is 2.30. The number of nitrogens with zero attached hydrogens (tertiary/aromatic N) is 3. The van der Waals surface area contributed by atoms with Gasteiger partial charge in [-0.3, -0.25) is 0 Å². The normalized spacial score (nSPS) is 15.6. The third-order valence-electron chi connectivity index (χ3n) is 3.94. The van der Waals surface area contributed by atoms with Crippen LogP contribution in [0.4, 0.5) is 10.6 Å². The van der Waals surface area contributed by atoms with Crippen LogP contribution in [0.25, 0.3) is 10.9 Å². The fourth-order valence-electron chi connectivity index (χ4n) is 2.76. The quantitative estimate of drug-likeness (QED) is 0.662. The van der Waals surface area contributed by atoms with Crippen molar-refractivity contribution in [3.63, 3.8) is 0 Å². The number of anilines is 1. The van der Waals surface area contributed by atoms with E-state index in [9.17, 15) is 4.79 Å². The second kappa shape index (κ2) is 7.00. The highest BCUT2D eigenvalue weighted by molar-refractivity contribution is 9.10. The fraction of sp³-hybridized carbons (Fsp3) is 0.444. The van der Waals surface area contributed by atoms with Crippen LogP contribution in [0, 0.1) is 0 Å². The second-order valence-electron chi connectivity index (χ2n) is 7.09. The Morgan fingerprint density at radius 3 is 2.52 bits per heavy atom. The monoisotopic (exact) mass is 425 g/mol. The maximum atomic E-state index is 12.2. The number of halogens is 2. The highest BCUT2D eigenvalue weighted by atomic mass is 79.9.